The summed E-state index contributed by atoms with van der Waals surface area (Å²) in [5.74, 6) is 0.795. The number of hydrogen-bond donors (Lipinski definition) is 0. The van der Waals surface area contributed by atoms with Crippen molar-refractivity contribution in [2.24, 2.45) is 5.92 Å². The largest absolute Gasteiger partial charge is 0.306 e. The predicted octanol–water partition coefficient (Wildman–Crippen LogP) is 3.33. The second-order valence-electron chi connectivity index (χ2n) is 4.72. The minimum Gasteiger partial charge on any atom is -0.306 e. The molecule has 1 aliphatic carbocycles. The summed E-state index contributed by atoms with van der Waals surface area (Å²) in [7, 11) is 2.22. The summed E-state index contributed by atoms with van der Waals surface area (Å²) < 4.78 is 0. The van der Waals surface area contributed by atoms with E-state index in [1.165, 1.54) is 25.9 Å². The Labute approximate surface area is 98.8 Å². The number of rotatable bonds is 1. The number of piperidine rings is 1. The Morgan fingerprint density at radius 2 is 1.69 bits per heavy atom. The summed E-state index contributed by atoms with van der Waals surface area (Å²) in [4.78, 5) is 2.43. The van der Waals surface area contributed by atoms with Gasteiger partial charge in [-0.05, 0) is 45.3 Å². The fourth-order valence-electron chi connectivity index (χ4n) is 2.40. The molecule has 0 bridgehead atoms. The summed E-state index contributed by atoms with van der Waals surface area (Å²) >= 11 is 0. The van der Waals surface area contributed by atoms with Gasteiger partial charge in [0.25, 0.3) is 0 Å². The van der Waals surface area contributed by atoms with Gasteiger partial charge < -0.3 is 4.90 Å². The van der Waals surface area contributed by atoms with Gasteiger partial charge in [-0.2, -0.15) is 0 Å². The second-order valence-corrected chi connectivity index (χ2v) is 4.72. The van der Waals surface area contributed by atoms with Gasteiger partial charge in [0.05, 0.1) is 0 Å². The lowest BCUT2D eigenvalue weighted by atomic mass is 9.87. The molecule has 1 aliphatic heterocycles. The van der Waals surface area contributed by atoms with Crippen LogP contribution in [0.1, 0.15) is 19.3 Å². The van der Waals surface area contributed by atoms with Gasteiger partial charge in [0.2, 0.25) is 0 Å². The van der Waals surface area contributed by atoms with Gasteiger partial charge in [-0.15, -0.1) is 0 Å². The zero-order valence-corrected chi connectivity index (χ0v) is 10.1. The average molecular weight is 215 g/mol. The molecule has 2 aliphatic rings. The first-order chi connectivity index (χ1) is 7.86. The lowest BCUT2D eigenvalue weighted by Gasteiger charge is -2.30. The molecule has 86 valence electrons. The fraction of sp³-hybridized carbons (Fsp3) is 0.467. The molecule has 0 unspecified atom stereocenters. The molecule has 2 rings (SSSR count). The topological polar surface area (TPSA) is 3.24 Å². The van der Waals surface area contributed by atoms with E-state index in [0.717, 1.165) is 12.3 Å². The predicted molar refractivity (Wildman–Crippen MR) is 70.3 cm³/mol. The first-order valence-corrected chi connectivity index (χ1v) is 6.24. The van der Waals surface area contributed by atoms with Crippen LogP contribution in [0.3, 0.4) is 0 Å². The van der Waals surface area contributed by atoms with Gasteiger partial charge in [0, 0.05) is 0 Å². The molecule has 0 spiro atoms. The van der Waals surface area contributed by atoms with Gasteiger partial charge >= 0.3 is 0 Å². The highest BCUT2D eigenvalue weighted by Crippen LogP contribution is 2.26. The van der Waals surface area contributed by atoms with Gasteiger partial charge in [-0.1, -0.05) is 48.1 Å². The molecule has 0 N–H and O–H groups in total. The molecule has 0 aromatic carbocycles. The number of allylic oxidation sites excluding steroid dienone is 8. The molecule has 0 aromatic rings. The van der Waals surface area contributed by atoms with Crippen molar-refractivity contribution in [3.8, 4) is 0 Å². The molecule has 0 saturated carbocycles. The van der Waals surface area contributed by atoms with E-state index in [4.69, 9.17) is 0 Å². The Kier molecular flexibility index (Phi) is 4.17. The van der Waals surface area contributed by atoms with Crippen molar-refractivity contribution in [2.75, 3.05) is 20.1 Å². The van der Waals surface area contributed by atoms with Crippen LogP contribution in [0.25, 0.3) is 0 Å². The van der Waals surface area contributed by atoms with Crippen LogP contribution in [0.2, 0.25) is 0 Å². The lowest BCUT2D eigenvalue weighted by molar-refractivity contribution is 0.237. The highest BCUT2D eigenvalue weighted by molar-refractivity contribution is 5.25. The summed E-state index contributed by atoms with van der Waals surface area (Å²) in [6, 6.07) is 0. The average Bonchev–Trinajstić information content (AvgIpc) is 2.43. The second kappa shape index (κ2) is 5.86. The van der Waals surface area contributed by atoms with Gasteiger partial charge in [0.1, 0.15) is 0 Å². The monoisotopic (exact) mass is 215 g/mol. The van der Waals surface area contributed by atoms with E-state index in [-0.39, 0.29) is 0 Å². The van der Waals surface area contributed by atoms with E-state index in [9.17, 15) is 0 Å². The molecular weight excluding hydrogens is 194 g/mol. The number of hydrogen-bond acceptors (Lipinski definition) is 1. The summed E-state index contributed by atoms with van der Waals surface area (Å²) in [6.45, 7) is 2.49. The van der Waals surface area contributed by atoms with Crippen molar-refractivity contribution < 1.29 is 0 Å². The molecule has 0 aromatic heterocycles. The maximum atomic E-state index is 2.43. The minimum atomic E-state index is 0.795. The van der Waals surface area contributed by atoms with Crippen molar-refractivity contribution in [1.82, 2.24) is 4.90 Å². The highest BCUT2D eigenvalue weighted by Gasteiger charge is 2.19. The SMILES string of the molecule is CN1CCC(/C2=C/C=C\C=C/C=C\C2)CC1. The minimum absolute atomic E-state index is 0.795. The molecule has 1 heteroatoms. The zero-order chi connectivity index (χ0) is 11.2. The molecule has 16 heavy (non-hydrogen) atoms. The van der Waals surface area contributed by atoms with Crippen molar-refractivity contribution >= 4 is 0 Å². The third-order valence-corrected chi connectivity index (χ3v) is 3.49. The van der Waals surface area contributed by atoms with Crippen molar-refractivity contribution in [2.45, 2.75) is 19.3 Å². The van der Waals surface area contributed by atoms with Crippen molar-refractivity contribution in [3.63, 3.8) is 0 Å². The van der Waals surface area contributed by atoms with E-state index in [1.54, 1.807) is 5.57 Å². The van der Waals surface area contributed by atoms with Crippen LogP contribution >= 0.6 is 0 Å². The van der Waals surface area contributed by atoms with E-state index in [1.807, 2.05) is 0 Å². The van der Waals surface area contributed by atoms with Crippen LogP contribution in [0.5, 0.6) is 0 Å². The van der Waals surface area contributed by atoms with E-state index >= 15 is 0 Å². The molecule has 0 atom stereocenters. The Morgan fingerprint density at radius 3 is 2.50 bits per heavy atom. The molecule has 1 nitrogen and oxygen atoms in total. The molecule has 0 amide bonds. The van der Waals surface area contributed by atoms with Gasteiger partial charge in [-0.3, -0.25) is 0 Å². The first kappa shape index (κ1) is 11.4. The van der Waals surface area contributed by atoms with E-state index in [2.05, 4.69) is 54.5 Å². The third-order valence-electron chi connectivity index (χ3n) is 3.49. The first-order valence-electron chi connectivity index (χ1n) is 6.24. The van der Waals surface area contributed by atoms with Gasteiger partial charge in [-0.25, -0.2) is 0 Å². The van der Waals surface area contributed by atoms with Crippen molar-refractivity contribution in [1.29, 1.82) is 0 Å². The smallest absolute Gasteiger partial charge is 0.00161 e. The van der Waals surface area contributed by atoms with Crippen LogP contribution in [0.4, 0.5) is 0 Å². The maximum absolute atomic E-state index is 2.43. The Hall–Kier alpha value is -1.08. The number of nitrogens with zero attached hydrogens (tertiary/aromatic N) is 1. The van der Waals surface area contributed by atoms with Crippen LogP contribution < -0.4 is 0 Å². The maximum Gasteiger partial charge on any atom is -0.00161 e. The quantitative estimate of drug-likeness (QED) is 0.648. The van der Waals surface area contributed by atoms with Crippen molar-refractivity contribution in [3.05, 3.63) is 48.1 Å². The van der Waals surface area contributed by atoms with Gasteiger partial charge in [0.15, 0.2) is 0 Å². The Bertz CT molecular complexity index is 325. The van der Waals surface area contributed by atoms with Crippen LogP contribution in [0, 0.1) is 5.92 Å². The van der Waals surface area contributed by atoms with E-state index in [0.29, 0.717) is 0 Å². The lowest BCUT2D eigenvalue weighted by Crippen LogP contribution is -2.30. The summed E-state index contributed by atoms with van der Waals surface area (Å²) in [5.41, 5.74) is 1.60. The molecule has 0 radical (unpaired) electrons. The standard InChI is InChI=1S/C15H21N/c1-16-12-10-15(11-13-16)14-8-6-4-2-3-5-7-9-14/h2-8,15H,9-13H2,1H3/b3-2-,6-4-,7-5-,14-8+. The summed E-state index contributed by atoms with van der Waals surface area (Å²) in [6.07, 6.45) is 19.0. The molecular formula is C15H21N. The van der Waals surface area contributed by atoms with Crippen LogP contribution in [0.15, 0.2) is 48.1 Å². The molecule has 1 saturated heterocycles. The zero-order valence-electron chi connectivity index (χ0n) is 10.1. The molecule has 1 fully saturated rings. The number of likely N-dealkylation sites (tertiary alicyclic amines) is 1. The highest BCUT2D eigenvalue weighted by atomic mass is 15.1. The third kappa shape index (κ3) is 3.21. The summed E-state index contributed by atoms with van der Waals surface area (Å²) in [5, 5.41) is 0. The molecule has 1 heterocycles. The Morgan fingerprint density at radius 1 is 1.00 bits per heavy atom. The normalized spacial score (nSPS) is 32.9. The Balaban J connectivity index is 2.02. The van der Waals surface area contributed by atoms with Crippen LogP contribution in [-0.2, 0) is 0 Å². The van der Waals surface area contributed by atoms with E-state index < -0.39 is 0 Å². The fourth-order valence-corrected chi connectivity index (χ4v) is 2.40. The van der Waals surface area contributed by atoms with Crippen LogP contribution in [-0.4, -0.2) is 25.0 Å².